The minimum Gasteiger partial charge on any atom is -0.448 e. The zero-order chi connectivity index (χ0) is 23.3. The van der Waals surface area contributed by atoms with Crippen molar-refractivity contribution in [2.24, 2.45) is 17.4 Å². The average molecular weight is 465 g/mol. The summed E-state index contributed by atoms with van der Waals surface area (Å²) < 4.78 is 44.8. The van der Waals surface area contributed by atoms with E-state index in [1.54, 1.807) is 24.3 Å². The molecular formula is C22H20ClF3N4O2. The van der Waals surface area contributed by atoms with Gasteiger partial charge in [0.15, 0.2) is 5.75 Å². The summed E-state index contributed by atoms with van der Waals surface area (Å²) in [5.74, 6) is -1.46. The molecule has 0 radical (unpaired) electrons. The van der Waals surface area contributed by atoms with Crippen LogP contribution < -0.4 is 21.5 Å². The lowest BCUT2D eigenvalue weighted by molar-refractivity contribution is -0.159. The molecular weight excluding hydrogens is 445 g/mol. The number of nitrogens with two attached hydrogens (primary N) is 2. The topological polar surface area (TPSA) is 103 Å². The Hall–Kier alpha value is -3.06. The molecule has 2 aromatic rings. The van der Waals surface area contributed by atoms with Crippen molar-refractivity contribution in [3.05, 3.63) is 77.8 Å². The number of nitrogens with one attached hydrogen (secondary N) is 1. The van der Waals surface area contributed by atoms with Crippen molar-refractivity contribution >= 4 is 17.5 Å². The number of pyridine rings is 1. The van der Waals surface area contributed by atoms with Gasteiger partial charge in [-0.25, -0.2) is 0 Å². The van der Waals surface area contributed by atoms with Gasteiger partial charge in [0.2, 0.25) is 5.91 Å². The van der Waals surface area contributed by atoms with Crippen molar-refractivity contribution in [1.82, 2.24) is 10.3 Å². The summed E-state index contributed by atoms with van der Waals surface area (Å²) in [7, 11) is 0. The van der Waals surface area contributed by atoms with E-state index in [0.717, 1.165) is 11.6 Å². The molecule has 1 amide bonds. The van der Waals surface area contributed by atoms with E-state index in [2.05, 4.69) is 22.4 Å². The van der Waals surface area contributed by atoms with Gasteiger partial charge in [-0.2, -0.15) is 13.2 Å². The van der Waals surface area contributed by atoms with Crippen molar-refractivity contribution in [2.45, 2.75) is 30.6 Å². The van der Waals surface area contributed by atoms with Crippen molar-refractivity contribution in [2.75, 3.05) is 0 Å². The van der Waals surface area contributed by atoms with Crippen LogP contribution in [0.3, 0.4) is 0 Å². The maximum atomic E-state index is 13.0. The number of aryl methyl sites for hydroxylation is 1. The second-order valence-electron chi connectivity index (χ2n) is 7.08. The molecule has 0 bridgehead atoms. The number of nitrogens with zero attached hydrogens (tertiary/aromatic N) is 1. The van der Waals surface area contributed by atoms with Crippen LogP contribution in [0, 0.1) is 18.1 Å². The molecule has 1 aromatic heterocycles. The highest BCUT2D eigenvalue weighted by Gasteiger charge is 2.43. The zero-order valence-corrected chi connectivity index (χ0v) is 17.5. The molecule has 3 rings (SSSR count). The van der Waals surface area contributed by atoms with Gasteiger partial charge < -0.3 is 21.5 Å². The predicted octanol–water partition coefficient (Wildman–Crippen LogP) is 3.68. The second kappa shape index (κ2) is 10.0. The fraction of sp³-hybridized carbons (Fsp3) is 0.273. The van der Waals surface area contributed by atoms with Gasteiger partial charge in [-0.3, -0.25) is 9.78 Å². The summed E-state index contributed by atoms with van der Waals surface area (Å²) in [6, 6.07) is 12.2. The Balaban J connectivity index is 1.58. The van der Waals surface area contributed by atoms with E-state index in [9.17, 15) is 18.0 Å². The van der Waals surface area contributed by atoms with Gasteiger partial charge in [0.25, 0.3) is 0 Å². The van der Waals surface area contributed by atoms with E-state index in [1.807, 2.05) is 0 Å². The van der Waals surface area contributed by atoms with E-state index >= 15 is 0 Å². The molecule has 32 heavy (non-hydrogen) atoms. The first-order chi connectivity index (χ1) is 15.1. The first kappa shape index (κ1) is 23.6. The largest absolute Gasteiger partial charge is 0.448 e. The molecule has 6 nitrogen and oxygen atoms in total. The summed E-state index contributed by atoms with van der Waals surface area (Å²) in [4.78, 5) is 16.3. The number of rotatable bonds is 7. The summed E-state index contributed by atoms with van der Waals surface area (Å²) in [6.07, 6.45) is 0.141. The van der Waals surface area contributed by atoms with Crippen molar-refractivity contribution in [3.8, 4) is 11.5 Å². The van der Waals surface area contributed by atoms with Crippen LogP contribution in [0.25, 0.3) is 0 Å². The van der Waals surface area contributed by atoms with Crippen LogP contribution in [0.5, 0.6) is 11.5 Å². The van der Waals surface area contributed by atoms with Crippen molar-refractivity contribution < 1.29 is 22.7 Å². The molecule has 0 saturated carbocycles. The molecule has 168 valence electrons. The standard InChI is InChI=1S/C22H20ClF3N4O2/c23-18-6-5-14(11-17(18)22(24,25)26)30-20(31)7-4-13-2-1-3-15(10-13)32-16-8-9-29-19(12-16)21(27)28/h2,5-6,8-12,17-18,21H,4,7,27-28H2,(H,30,31). The molecule has 2 unspecified atom stereocenters. The van der Waals surface area contributed by atoms with Gasteiger partial charge >= 0.3 is 6.18 Å². The lowest BCUT2D eigenvalue weighted by Gasteiger charge is -2.24. The lowest BCUT2D eigenvalue weighted by atomic mass is 9.98. The Labute approximate surface area is 188 Å². The quantitative estimate of drug-likeness (QED) is 0.428. The molecule has 0 spiro atoms. The zero-order valence-electron chi connectivity index (χ0n) is 16.7. The first-order valence-electron chi connectivity index (χ1n) is 9.60. The Morgan fingerprint density at radius 3 is 2.84 bits per heavy atom. The molecule has 1 aliphatic rings. The van der Waals surface area contributed by atoms with Gasteiger partial charge in [-0.15, -0.1) is 11.6 Å². The minimum atomic E-state index is -4.50. The fourth-order valence-electron chi connectivity index (χ4n) is 2.94. The van der Waals surface area contributed by atoms with E-state index in [-0.39, 0.29) is 12.1 Å². The number of hydrogen-bond donors (Lipinski definition) is 3. The lowest BCUT2D eigenvalue weighted by Crippen LogP contribution is -2.33. The maximum absolute atomic E-state index is 13.0. The average Bonchev–Trinajstić information content (AvgIpc) is 2.73. The summed E-state index contributed by atoms with van der Waals surface area (Å²) in [6.45, 7) is 0. The van der Waals surface area contributed by atoms with Crippen LogP contribution in [0.15, 0.2) is 54.4 Å². The van der Waals surface area contributed by atoms with E-state index in [1.165, 1.54) is 18.3 Å². The molecule has 2 atom stereocenters. The van der Waals surface area contributed by atoms with Gasteiger partial charge in [0.05, 0.1) is 23.2 Å². The van der Waals surface area contributed by atoms with Gasteiger partial charge in [-0.05, 0) is 48.4 Å². The number of alkyl halides is 4. The molecule has 0 aliphatic heterocycles. The number of halogens is 4. The highest BCUT2D eigenvalue weighted by atomic mass is 35.5. The maximum Gasteiger partial charge on any atom is 0.396 e. The fourth-order valence-corrected chi connectivity index (χ4v) is 3.23. The molecule has 1 aromatic carbocycles. The van der Waals surface area contributed by atoms with E-state index < -0.39 is 29.5 Å². The number of carbonyl (C=O) groups is 1. The van der Waals surface area contributed by atoms with Crippen LogP contribution in [0.1, 0.15) is 23.8 Å². The summed E-state index contributed by atoms with van der Waals surface area (Å²) in [5, 5.41) is 1.27. The molecule has 1 aliphatic carbocycles. The van der Waals surface area contributed by atoms with Crippen molar-refractivity contribution in [1.29, 1.82) is 0 Å². The number of allylic oxidation sites excluding steroid dienone is 3. The van der Waals surface area contributed by atoms with Crippen molar-refractivity contribution in [3.63, 3.8) is 0 Å². The smallest absolute Gasteiger partial charge is 0.396 e. The predicted molar refractivity (Wildman–Crippen MR) is 112 cm³/mol. The monoisotopic (exact) mass is 464 g/mol. The SMILES string of the molecule is NC(N)c1cc(Oc2c#ccc(CCC(=O)NC3=CC(C(F)(F)F)C(Cl)C=C3)c2)ccn1. The number of aromatic nitrogens is 1. The number of amides is 1. The summed E-state index contributed by atoms with van der Waals surface area (Å²) in [5.41, 5.74) is 12.5. The number of ether oxygens (including phenoxy) is 1. The molecule has 10 heteroatoms. The van der Waals surface area contributed by atoms with E-state index in [4.69, 9.17) is 27.8 Å². The second-order valence-corrected chi connectivity index (χ2v) is 7.59. The highest BCUT2D eigenvalue weighted by molar-refractivity contribution is 6.22. The number of hydrogen-bond acceptors (Lipinski definition) is 5. The molecule has 0 fully saturated rings. The Bertz CT molecular complexity index is 1020. The van der Waals surface area contributed by atoms with Gasteiger partial charge in [-0.1, -0.05) is 12.1 Å². The third kappa shape index (κ3) is 6.47. The normalized spacial score (nSPS) is 18.2. The van der Waals surface area contributed by atoms with Crippen LogP contribution >= 0.6 is 11.6 Å². The molecule has 0 saturated heterocycles. The summed E-state index contributed by atoms with van der Waals surface area (Å²) >= 11 is 5.71. The third-order valence-corrected chi connectivity index (χ3v) is 4.97. The van der Waals surface area contributed by atoms with Crippen LogP contribution in [-0.2, 0) is 11.2 Å². The van der Waals surface area contributed by atoms with Crippen LogP contribution in [0.4, 0.5) is 13.2 Å². The Morgan fingerprint density at radius 1 is 1.34 bits per heavy atom. The molecule has 5 N–H and O–H groups in total. The first-order valence-corrected chi connectivity index (χ1v) is 10.0. The van der Waals surface area contributed by atoms with Crippen LogP contribution in [-0.4, -0.2) is 22.4 Å². The Morgan fingerprint density at radius 2 is 2.12 bits per heavy atom. The van der Waals surface area contributed by atoms with E-state index in [0.29, 0.717) is 23.6 Å². The molecule has 1 heterocycles. The van der Waals surface area contributed by atoms with Crippen LogP contribution in [0.2, 0.25) is 0 Å². The van der Waals surface area contributed by atoms with Gasteiger partial charge in [0, 0.05) is 24.4 Å². The van der Waals surface area contributed by atoms with Gasteiger partial charge in [0.1, 0.15) is 5.75 Å². The Kier molecular flexibility index (Phi) is 7.40. The highest BCUT2D eigenvalue weighted by Crippen LogP contribution is 2.35. The number of carbonyl (C=O) groups excluding carboxylic acids is 1. The minimum absolute atomic E-state index is 0.0465. The third-order valence-electron chi connectivity index (χ3n) is 4.56.